The topological polar surface area (TPSA) is 136 Å². The smallest absolute Gasteiger partial charge is 0.288 e. The third-order valence-electron chi connectivity index (χ3n) is 6.80. The molecule has 3 heterocycles. The summed E-state index contributed by atoms with van der Waals surface area (Å²) < 4.78 is 50.0. The van der Waals surface area contributed by atoms with E-state index < -0.39 is 22.2 Å². The van der Waals surface area contributed by atoms with Gasteiger partial charge in [-0.2, -0.15) is 4.31 Å². The molecule has 2 aromatic carbocycles. The van der Waals surface area contributed by atoms with E-state index in [1.807, 2.05) is 0 Å². The lowest BCUT2D eigenvalue weighted by Gasteiger charge is -2.30. The number of sulfonamides is 1. The fourth-order valence-electron chi connectivity index (χ4n) is 4.53. The van der Waals surface area contributed by atoms with Crippen molar-refractivity contribution in [2.45, 2.75) is 23.5 Å². The van der Waals surface area contributed by atoms with Crippen molar-refractivity contribution in [1.82, 2.24) is 9.21 Å². The Kier molecular flexibility index (Phi) is 8.22. The monoisotopic (exact) mass is 570 g/mol. The van der Waals surface area contributed by atoms with E-state index in [1.54, 1.807) is 47.4 Å². The standard InChI is InChI=1S/C28H30N2O9S/c1-36-20-6-8-21(9-7-20)40(34,35)30(12-14-31)13-15-37-26-17-19(16-25(39-26)28(33)29-10-11-29)23-18-38-24-5-3-2-4-22(24)27(23)32/h2-9,16,18-19,26,31H,10-15,17H2,1H3/t19-,26+/m1/s1. The Hall–Kier alpha value is -3.71. The van der Waals surface area contributed by atoms with Gasteiger partial charge in [0.2, 0.25) is 16.3 Å². The van der Waals surface area contributed by atoms with Gasteiger partial charge in [-0.15, -0.1) is 0 Å². The highest BCUT2D eigenvalue weighted by Gasteiger charge is 2.35. The molecule has 1 amide bonds. The fraction of sp³-hybridized carbons (Fsp3) is 0.357. The second-order valence-electron chi connectivity index (χ2n) is 9.40. The summed E-state index contributed by atoms with van der Waals surface area (Å²) in [7, 11) is -2.44. The number of carbonyl (C=O) groups excluding carboxylic acids is 1. The van der Waals surface area contributed by atoms with Crippen LogP contribution in [0.1, 0.15) is 17.9 Å². The zero-order chi connectivity index (χ0) is 28.3. The average Bonchev–Trinajstić information content (AvgIpc) is 3.82. The zero-order valence-corrected chi connectivity index (χ0v) is 22.7. The van der Waals surface area contributed by atoms with Crippen LogP contribution in [0.2, 0.25) is 0 Å². The molecular formula is C28H30N2O9S. The SMILES string of the molecule is COc1ccc(S(=O)(=O)N(CCO)CCO[C@@H]2C[C@H](c3coc4ccccc4c3=O)C=C(C(=O)N3CC3)O2)cc1. The van der Waals surface area contributed by atoms with Gasteiger partial charge in [-0.1, -0.05) is 12.1 Å². The molecule has 2 aliphatic rings. The molecule has 5 rings (SSSR count). The minimum absolute atomic E-state index is 0.0491. The Bertz CT molecular complexity index is 1560. The summed E-state index contributed by atoms with van der Waals surface area (Å²) in [6.45, 7) is 0.566. The van der Waals surface area contributed by atoms with E-state index in [9.17, 15) is 23.1 Å². The highest BCUT2D eigenvalue weighted by atomic mass is 32.2. The number of amides is 1. The second-order valence-corrected chi connectivity index (χ2v) is 11.3. The van der Waals surface area contributed by atoms with Gasteiger partial charge in [0.25, 0.3) is 5.91 Å². The molecule has 11 nitrogen and oxygen atoms in total. The summed E-state index contributed by atoms with van der Waals surface area (Å²) in [6, 6.07) is 12.9. The summed E-state index contributed by atoms with van der Waals surface area (Å²) in [5.41, 5.74) is 0.625. The van der Waals surface area contributed by atoms with Crippen molar-refractivity contribution in [1.29, 1.82) is 0 Å². The molecule has 0 radical (unpaired) electrons. The van der Waals surface area contributed by atoms with Crippen molar-refractivity contribution < 1.29 is 36.9 Å². The van der Waals surface area contributed by atoms with Crippen LogP contribution in [-0.4, -0.2) is 81.4 Å². The number of hydrogen-bond donors (Lipinski definition) is 1. The number of allylic oxidation sites excluding steroid dienone is 1. The van der Waals surface area contributed by atoms with Gasteiger partial charge in [0.1, 0.15) is 11.3 Å². The number of carbonyl (C=O) groups is 1. The highest BCUT2D eigenvalue weighted by molar-refractivity contribution is 7.89. The van der Waals surface area contributed by atoms with Gasteiger partial charge in [-0.3, -0.25) is 9.59 Å². The molecule has 1 fully saturated rings. The first-order valence-corrected chi connectivity index (χ1v) is 14.3. The van der Waals surface area contributed by atoms with Crippen molar-refractivity contribution in [3.8, 4) is 5.75 Å². The van der Waals surface area contributed by atoms with Gasteiger partial charge in [-0.25, -0.2) is 8.42 Å². The number of benzene rings is 2. The minimum atomic E-state index is -3.93. The van der Waals surface area contributed by atoms with Crippen molar-refractivity contribution in [2.75, 3.05) is 46.5 Å². The van der Waals surface area contributed by atoms with E-state index in [4.69, 9.17) is 18.6 Å². The molecule has 0 aliphatic carbocycles. The van der Waals surface area contributed by atoms with Gasteiger partial charge in [-0.05, 0) is 42.5 Å². The van der Waals surface area contributed by atoms with Crippen LogP contribution in [-0.2, 0) is 24.3 Å². The molecule has 0 saturated carbocycles. The molecule has 3 aromatic rings. The van der Waals surface area contributed by atoms with E-state index in [-0.39, 0.29) is 54.7 Å². The molecule has 212 valence electrons. The molecule has 1 N–H and O–H groups in total. The van der Waals surface area contributed by atoms with Crippen molar-refractivity contribution in [3.05, 3.63) is 82.4 Å². The van der Waals surface area contributed by atoms with Gasteiger partial charge in [0.05, 0.1) is 36.9 Å². The van der Waals surface area contributed by atoms with Crippen LogP contribution < -0.4 is 10.2 Å². The largest absolute Gasteiger partial charge is 0.497 e. The highest BCUT2D eigenvalue weighted by Crippen LogP contribution is 2.32. The number of nitrogens with zero attached hydrogens (tertiary/aromatic N) is 2. The molecule has 2 atom stereocenters. The molecule has 1 saturated heterocycles. The van der Waals surface area contributed by atoms with Crippen LogP contribution in [0.3, 0.4) is 0 Å². The Morgan fingerprint density at radius 1 is 1.12 bits per heavy atom. The van der Waals surface area contributed by atoms with Crippen LogP contribution in [0.25, 0.3) is 11.0 Å². The molecule has 0 spiro atoms. The first kappa shape index (κ1) is 27.8. The maximum absolute atomic E-state index is 13.2. The predicted octanol–water partition coefficient (Wildman–Crippen LogP) is 2.06. The van der Waals surface area contributed by atoms with Crippen LogP contribution in [0.5, 0.6) is 5.75 Å². The van der Waals surface area contributed by atoms with Crippen LogP contribution in [0.4, 0.5) is 0 Å². The maximum atomic E-state index is 13.2. The quantitative estimate of drug-likeness (QED) is 0.344. The van der Waals surface area contributed by atoms with Crippen LogP contribution >= 0.6 is 0 Å². The van der Waals surface area contributed by atoms with Crippen LogP contribution in [0, 0.1) is 0 Å². The first-order chi connectivity index (χ1) is 19.3. The molecular weight excluding hydrogens is 540 g/mol. The molecule has 12 heteroatoms. The van der Waals surface area contributed by atoms with E-state index in [0.717, 1.165) is 4.31 Å². The Labute approximate surface area is 231 Å². The number of hydrogen-bond acceptors (Lipinski definition) is 9. The molecule has 1 aromatic heterocycles. The van der Waals surface area contributed by atoms with E-state index >= 15 is 0 Å². The number of aliphatic hydroxyl groups is 1. The second kappa shape index (κ2) is 11.8. The summed E-state index contributed by atoms with van der Waals surface area (Å²) in [5, 5.41) is 9.94. The predicted molar refractivity (Wildman–Crippen MR) is 144 cm³/mol. The van der Waals surface area contributed by atoms with Crippen molar-refractivity contribution >= 4 is 26.9 Å². The zero-order valence-electron chi connectivity index (χ0n) is 21.9. The molecule has 2 aliphatic heterocycles. The third kappa shape index (κ3) is 5.89. The third-order valence-corrected chi connectivity index (χ3v) is 8.71. The number of fused-ring (bicyclic) bond motifs is 1. The fourth-order valence-corrected chi connectivity index (χ4v) is 5.95. The lowest BCUT2D eigenvalue weighted by atomic mass is 9.93. The van der Waals surface area contributed by atoms with E-state index in [1.165, 1.54) is 25.5 Å². The van der Waals surface area contributed by atoms with Crippen molar-refractivity contribution in [3.63, 3.8) is 0 Å². The number of methoxy groups -OCH3 is 1. The summed E-state index contributed by atoms with van der Waals surface area (Å²) in [5.74, 6) is -0.228. The number of ether oxygens (including phenoxy) is 3. The number of aliphatic hydroxyl groups excluding tert-OH is 1. The Balaban J connectivity index is 1.32. The van der Waals surface area contributed by atoms with Gasteiger partial charge in [0, 0.05) is 44.1 Å². The minimum Gasteiger partial charge on any atom is -0.497 e. The van der Waals surface area contributed by atoms with Gasteiger partial charge < -0.3 is 28.6 Å². The summed E-state index contributed by atoms with van der Waals surface area (Å²) in [4.78, 5) is 27.7. The normalized spacial score (nSPS) is 18.9. The number of rotatable bonds is 11. The van der Waals surface area contributed by atoms with Crippen LogP contribution in [0.15, 0.2) is 80.7 Å². The first-order valence-electron chi connectivity index (χ1n) is 12.9. The lowest BCUT2D eigenvalue weighted by molar-refractivity contribution is -0.149. The van der Waals surface area contributed by atoms with Gasteiger partial charge >= 0.3 is 0 Å². The lowest BCUT2D eigenvalue weighted by Crippen LogP contribution is -2.38. The Morgan fingerprint density at radius 3 is 2.58 bits per heavy atom. The molecule has 0 bridgehead atoms. The molecule has 0 unspecified atom stereocenters. The average molecular weight is 571 g/mol. The summed E-state index contributed by atoms with van der Waals surface area (Å²) in [6.07, 6.45) is 2.32. The van der Waals surface area contributed by atoms with E-state index in [0.29, 0.717) is 35.4 Å². The number of para-hydroxylation sites is 1. The Morgan fingerprint density at radius 2 is 1.88 bits per heavy atom. The summed E-state index contributed by atoms with van der Waals surface area (Å²) >= 11 is 0. The van der Waals surface area contributed by atoms with Gasteiger partial charge in [0.15, 0.2) is 11.2 Å². The van der Waals surface area contributed by atoms with Crippen molar-refractivity contribution in [2.24, 2.45) is 0 Å². The van der Waals surface area contributed by atoms with E-state index in [2.05, 4.69) is 0 Å². The molecule has 40 heavy (non-hydrogen) atoms. The maximum Gasteiger partial charge on any atom is 0.288 e.